The van der Waals surface area contributed by atoms with E-state index in [2.05, 4.69) is 46.0 Å². The number of nitrogens with one attached hydrogen (secondary N) is 1. The number of thioether (sulfide) groups is 1. The molecule has 0 radical (unpaired) electrons. The Morgan fingerprint density at radius 1 is 0.929 bits per heavy atom. The molecule has 144 valence electrons. The van der Waals surface area contributed by atoms with Gasteiger partial charge in [-0.05, 0) is 53.7 Å². The zero-order valence-electron chi connectivity index (χ0n) is 16.1. The highest BCUT2D eigenvalue weighted by Crippen LogP contribution is 2.33. The Balaban J connectivity index is 1.72. The Bertz CT molecular complexity index is 1000. The molecule has 0 fully saturated rings. The molecule has 0 saturated heterocycles. The first-order valence-electron chi connectivity index (χ1n) is 8.84. The fourth-order valence-corrected chi connectivity index (χ4v) is 4.13. The highest BCUT2D eigenvalue weighted by atomic mass is 32.2. The van der Waals surface area contributed by atoms with E-state index in [0.29, 0.717) is 5.56 Å². The van der Waals surface area contributed by atoms with Crippen LogP contribution in [0, 0.1) is 0 Å². The molecular weight excluding hydrogens is 388 g/mol. The molecule has 28 heavy (non-hydrogen) atoms. The molecule has 0 spiro atoms. The van der Waals surface area contributed by atoms with Crippen molar-refractivity contribution in [3.05, 3.63) is 66.2 Å². The van der Waals surface area contributed by atoms with E-state index in [1.165, 1.54) is 23.4 Å². The van der Waals surface area contributed by atoms with Gasteiger partial charge in [0, 0.05) is 48.2 Å². The van der Waals surface area contributed by atoms with Gasteiger partial charge in [0.15, 0.2) is 10.9 Å². The number of nitrogens with zero attached hydrogens (tertiary/aromatic N) is 1. The molecule has 6 heteroatoms. The van der Waals surface area contributed by atoms with Gasteiger partial charge in [-0.1, -0.05) is 36.0 Å². The van der Waals surface area contributed by atoms with E-state index in [-0.39, 0.29) is 16.7 Å². The van der Waals surface area contributed by atoms with Crippen molar-refractivity contribution in [2.24, 2.45) is 0 Å². The summed E-state index contributed by atoms with van der Waals surface area (Å²) in [7, 11) is 4.09. The molecule has 3 aromatic carbocycles. The third-order valence-corrected chi connectivity index (χ3v) is 5.96. The number of anilines is 2. The molecular formula is C22H22N2O2S2. The van der Waals surface area contributed by atoms with Crippen LogP contribution in [0.3, 0.4) is 0 Å². The van der Waals surface area contributed by atoms with Gasteiger partial charge in [-0.3, -0.25) is 9.59 Å². The van der Waals surface area contributed by atoms with Crippen LogP contribution in [-0.2, 0) is 4.79 Å². The normalized spacial score (nSPS) is 10.7. The van der Waals surface area contributed by atoms with Crippen LogP contribution in [0.15, 0.2) is 65.6 Å². The van der Waals surface area contributed by atoms with Crippen LogP contribution in [0.4, 0.5) is 11.4 Å². The van der Waals surface area contributed by atoms with Crippen molar-refractivity contribution in [1.82, 2.24) is 0 Å². The van der Waals surface area contributed by atoms with E-state index in [4.69, 9.17) is 0 Å². The van der Waals surface area contributed by atoms with Crippen molar-refractivity contribution >= 4 is 56.8 Å². The van der Waals surface area contributed by atoms with Gasteiger partial charge in [0.05, 0.1) is 5.75 Å². The molecule has 0 atom stereocenters. The van der Waals surface area contributed by atoms with Crippen LogP contribution in [0.5, 0.6) is 0 Å². The molecule has 0 aliphatic carbocycles. The smallest absolute Gasteiger partial charge is 0.186 e. The van der Waals surface area contributed by atoms with Crippen molar-refractivity contribution in [1.29, 1.82) is 0 Å². The van der Waals surface area contributed by atoms with Crippen molar-refractivity contribution in [2.45, 2.75) is 11.8 Å². The zero-order chi connectivity index (χ0) is 20.1. The van der Waals surface area contributed by atoms with Gasteiger partial charge in [-0.2, -0.15) is 0 Å². The summed E-state index contributed by atoms with van der Waals surface area (Å²) in [5, 5.41) is 2.36. The van der Waals surface area contributed by atoms with E-state index < -0.39 is 0 Å². The van der Waals surface area contributed by atoms with Crippen molar-refractivity contribution in [2.75, 3.05) is 29.5 Å². The van der Waals surface area contributed by atoms with Gasteiger partial charge in [-0.25, -0.2) is 0 Å². The minimum atomic E-state index is -0.0458. The minimum absolute atomic E-state index is 0.0373. The molecule has 0 aliphatic heterocycles. The van der Waals surface area contributed by atoms with E-state index in [1.54, 1.807) is 24.1 Å². The van der Waals surface area contributed by atoms with Gasteiger partial charge >= 0.3 is 0 Å². The summed E-state index contributed by atoms with van der Waals surface area (Å²) in [5.41, 5.74) is 2.72. The Morgan fingerprint density at radius 2 is 1.61 bits per heavy atom. The number of hydrogen-bond donors (Lipinski definition) is 1. The first kappa shape index (κ1) is 20.3. The monoisotopic (exact) mass is 410 g/mol. The zero-order valence-corrected chi connectivity index (χ0v) is 17.7. The first-order chi connectivity index (χ1) is 13.5. The van der Waals surface area contributed by atoms with E-state index in [0.717, 1.165) is 22.3 Å². The van der Waals surface area contributed by atoms with Crippen molar-refractivity contribution in [3.8, 4) is 0 Å². The van der Waals surface area contributed by atoms with Gasteiger partial charge in [0.1, 0.15) is 0 Å². The van der Waals surface area contributed by atoms with Crippen LogP contribution in [0.1, 0.15) is 17.3 Å². The number of ketones is 1. The van der Waals surface area contributed by atoms with Crippen LogP contribution in [0.2, 0.25) is 0 Å². The van der Waals surface area contributed by atoms with Gasteiger partial charge < -0.3 is 9.62 Å². The van der Waals surface area contributed by atoms with Crippen LogP contribution >= 0.6 is 23.7 Å². The molecule has 3 aromatic rings. The minimum Gasteiger partial charge on any atom is -0.377 e. The lowest BCUT2D eigenvalue weighted by Gasteiger charge is -2.17. The van der Waals surface area contributed by atoms with E-state index in [1.807, 2.05) is 26.2 Å². The fraction of sp³-hybridized carbons (Fsp3) is 0.182. The maximum atomic E-state index is 12.1. The molecule has 0 amide bonds. The van der Waals surface area contributed by atoms with Crippen LogP contribution in [-0.4, -0.2) is 30.7 Å². The van der Waals surface area contributed by atoms with Gasteiger partial charge in [0.2, 0.25) is 0 Å². The van der Waals surface area contributed by atoms with Crippen LogP contribution < -0.4 is 9.62 Å². The number of rotatable bonds is 7. The predicted molar refractivity (Wildman–Crippen MR) is 122 cm³/mol. The SMILES string of the molecule is CC(=O)SCC(=O)c1ccc(NSc2cccc3c(N(C)C)cccc23)cc1. The Kier molecular flexibility index (Phi) is 6.65. The number of Topliss-reactive ketones (excluding diaryl/α,β-unsaturated/α-hetero) is 1. The van der Waals surface area contributed by atoms with Crippen molar-refractivity contribution in [3.63, 3.8) is 0 Å². The summed E-state index contributed by atoms with van der Waals surface area (Å²) in [6, 6.07) is 20.0. The molecule has 0 aromatic heterocycles. The van der Waals surface area contributed by atoms with Crippen molar-refractivity contribution < 1.29 is 9.59 Å². The summed E-state index contributed by atoms with van der Waals surface area (Å²) in [6.07, 6.45) is 0. The second kappa shape index (κ2) is 9.17. The number of fused-ring (bicyclic) bond motifs is 1. The molecule has 0 aliphatic rings. The summed E-state index contributed by atoms with van der Waals surface area (Å²) in [5.74, 6) is 0.144. The topological polar surface area (TPSA) is 49.4 Å². The lowest BCUT2D eigenvalue weighted by Crippen LogP contribution is -2.08. The van der Waals surface area contributed by atoms with Crippen LogP contribution in [0.25, 0.3) is 10.8 Å². The Morgan fingerprint density at radius 3 is 2.29 bits per heavy atom. The average molecular weight is 411 g/mol. The molecule has 1 N–H and O–H groups in total. The first-order valence-corrected chi connectivity index (χ1v) is 10.6. The van der Waals surface area contributed by atoms with Gasteiger partial charge in [-0.15, -0.1) is 0 Å². The number of carbonyl (C=O) groups is 2. The molecule has 0 saturated carbocycles. The molecule has 0 unspecified atom stereocenters. The quantitative estimate of drug-likeness (QED) is 0.411. The average Bonchev–Trinajstić information content (AvgIpc) is 2.70. The maximum absolute atomic E-state index is 12.1. The molecule has 0 heterocycles. The van der Waals surface area contributed by atoms with Gasteiger partial charge in [0.25, 0.3) is 0 Å². The second-order valence-corrected chi connectivity index (χ2v) is 8.51. The largest absolute Gasteiger partial charge is 0.377 e. The second-order valence-electron chi connectivity index (χ2n) is 6.51. The third kappa shape index (κ3) is 4.88. The Hall–Kier alpha value is -2.44. The number of benzene rings is 3. The molecule has 4 nitrogen and oxygen atoms in total. The fourth-order valence-electron chi connectivity index (χ4n) is 2.83. The predicted octanol–water partition coefficient (Wildman–Crippen LogP) is 5.49. The maximum Gasteiger partial charge on any atom is 0.186 e. The lowest BCUT2D eigenvalue weighted by molar-refractivity contribution is -0.109. The highest BCUT2D eigenvalue weighted by molar-refractivity contribution is 8.14. The van der Waals surface area contributed by atoms with E-state index >= 15 is 0 Å². The molecule has 0 bridgehead atoms. The summed E-state index contributed by atoms with van der Waals surface area (Å²) < 4.78 is 3.35. The number of hydrogen-bond acceptors (Lipinski definition) is 6. The molecule has 3 rings (SSSR count). The summed E-state index contributed by atoms with van der Waals surface area (Å²) in [6.45, 7) is 1.47. The summed E-state index contributed by atoms with van der Waals surface area (Å²) >= 11 is 2.59. The third-order valence-electron chi connectivity index (χ3n) is 4.23. The summed E-state index contributed by atoms with van der Waals surface area (Å²) in [4.78, 5) is 26.3. The number of carbonyl (C=O) groups excluding carboxylic acids is 2. The lowest BCUT2D eigenvalue weighted by atomic mass is 10.1. The highest BCUT2D eigenvalue weighted by Gasteiger charge is 2.09. The van der Waals surface area contributed by atoms with E-state index in [9.17, 15) is 9.59 Å². The Labute approximate surface area is 173 Å². The standard InChI is InChI=1S/C22H22N2O2S2/c1-15(25)27-14-21(26)16-10-12-17(13-11-16)23-28-22-9-5-6-18-19(22)7-4-8-20(18)24(2)3/h4-13,23H,14H2,1-3H3.